The number of fused-ring (bicyclic) bond motifs is 1. The predicted molar refractivity (Wildman–Crippen MR) is 130 cm³/mol. The van der Waals surface area contributed by atoms with Gasteiger partial charge in [0.1, 0.15) is 10.8 Å². The highest BCUT2D eigenvalue weighted by molar-refractivity contribution is 7.91. The second-order valence-corrected chi connectivity index (χ2v) is 11.1. The van der Waals surface area contributed by atoms with E-state index in [1.807, 2.05) is 0 Å². The molecule has 1 amide bonds. The summed E-state index contributed by atoms with van der Waals surface area (Å²) in [6.07, 6.45) is 2.24. The van der Waals surface area contributed by atoms with Gasteiger partial charge in [-0.1, -0.05) is 23.2 Å². The Kier molecular flexibility index (Phi) is 6.67. The summed E-state index contributed by atoms with van der Waals surface area (Å²) in [4.78, 5) is 23.5. The molecule has 1 unspecified atom stereocenters. The summed E-state index contributed by atoms with van der Waals surface area (Å²) in [6, 6.07) is 7.61. The molecule has 7 nitrogen and oxygen atoms in total. The minimum Gasteiger partial charge on any atom is -0.356 e. The fraction of sp³-hybridized carbons (Fsp3) is 0.318. The van der Waals surface area contributed by atoms with E-state index in [2.05, 4.69) is 15.3 Å². The van der Waals surface area contributed by atoms with Gasteiger partial charge in [-0.05, 0) is 36.8 Å². The zero-order valence-corrected chi connectivity index (χ0v) is 20.4. The van der Waals surface area contributed by atoms with Gasteiger partial charge in [-0.25, -0.2) is 27.7 Å². The quantitative estimate of drug-likeness (QED) is 0.443. The number of hydrogen-bond acceptors (Lipinski definition) is 6. The number of benzene rings is 1. The van der Waals surface area contributed by atoms with Crippen molar-refractivity contribution in [2.45, 2.75) is 30.2 Å². The van der Waals surface area contributed by atoms with E-state index in [0.29, 0.717) is 23.1 Å². The predicted octanol–water partition coefficient (Wildman–Crippen LogP) is 5.85. The van der Waals surface area contributed by atoms with Gasteiger partial charge in [0.2, 0.25) is 5.92 Å². The number of carbonyl (C=O) groups is 1. The molecule has 2 aromatic heterocycles. The Morgan fingerprint density at radius 1 is 1.18 bits per heavy atom. The molecule has 1 atom stereocenters. The van der Waals surface area contributed by atoms with E-state index in [4.69, 9.17) is 28.0 Å². The van der Waals surface area contributed by atoms with Gasteiger partial charge in [0, 0.05) is 49.5 Å². The molecule has 1 aromatic carbocycles. The number of nitrogens with zero attached hydrogens (tertiary/aromatic N) is 3. The number of amides is 1. The average molecular weight is 528 g/mol. The molecule has 0 saturated carbocycles. The van der Waals surface area contributed by atoms with Gasteiger partial charge in [0.15, 0.2) is 0 Å². The summed E-state index contributed by atoms with van der Waals surface area (Å²) < 4.78 is 47.7. The molecule has 1 saturated heterocycles. The van der Waals surface area contributed by atoms with Crippen molar-refractivity contribution >= 4 is 61.2 Å². The van der Waals surface area contributed by atoms with Gasteiger partial charge in [0.25, 0.3) is 5.91 Å². The maximum absolute atomic E-state index is 14.0. The monoisotopic (exact) mass is 527 g/mol. The van der Waals surface area contributed by atoms with Crippen LogP contribution in [0.4, 0.5) is 20.3 Å². The van der Waals surface area contributed by atoms with Crippen molar-refractivity contribution in [1.82, 2.24) is 9.97 Å². The number of nitrogens with one attached hydrogen (secondary N) is 2. The van der Waals surface area contributed by atoms with Crippen LogP contribution >= 0.6 is 23.2 Å². The lowest BCUT2D eigenvalue weighted by atomic mass is 10.1. The summed E-state index contributed by atoms with van der Waals surface area (Å²) in [7, 11) is -3.09. The van der Waals surface area contributed by atoms with Crippen LogP contribution in [0.5, 0.6) is 0 Å². The summed E-state index contributed by atoms with van der Waals surface area (Å²) in [5, 5.41) is 3.87. The number of halogens is 4. The van der Waals surface area contributed by atoms with E-state index < -0.39 is 21.6 Å². The number of aromatic nitrogens is 2. The van der Waals surface area contributed by atoms with Crippen molar-refractivity contribution in [2.75, 3.05) is 29.6 Å². The number of pyridine rings is 2. The summed E-state index contributed by atoms with van der Waals surface area (Å²) in [6.45, 7) is 0.342. The Morgan fingerprint density at radius 3 is 2.65 bits per heavy atom. The molecule has 180 valence electrons. The first-order valence-corrected chi connectivity index (χ1v) is 13.1. The second-order valence-electron chi connectivity index (χ2n) is 8.20. The van der Waals surface area contributed by atoms with E-state index >= 15 is 0 Å². The third-order valence-corrected chi connectivity index (χ3v) is 7.23. The second kappa shape index (κ2) is 9.24. The Bertz CT molecular complexity index is 1390. The van der Waals surface area contributed by atoms with Crippen molar-refractivity contribution in [2.24, 2.45) is 0 Å². The Morgan fingerprint density at radius 2 is 1.91 bits per heavy atom. The van der Waals surface area contributed by atoms with Gasteiger partial charge in [0.05, 0.1) is 30.9 Å². The van der Waals surface area contributed by atoms with Crippen LogP contribution in [0.3, 0.4) is 0 Å². The largest absolute Gasteiger partial charge is 0.356 e. The average Bonchev–Trinajstić information content (AvgIpc) is 2.94. The van der Waals surface area contributed by atoms with Crippen molar-refractivity contribution < 1.29 is 17.8 Å². The van der Waals surface area contributed by atoms with Gasteiger partial charge < -0.3 is 10.2 Å². The SMILES string of the molecule is CS(=N)(=O)c1cc(NC(=O)c2cc3cc(Cl)c(Cl)cc3nc2N2CCCC(F)(F)CC2)ccn1. The van der Waals surface area contributed by atoms with E-state index in [0.717, 1.165) is 0 Å². The molecule has 1 aliphatic rings. The van der Waals surface area contributed by atoms with E-state index in [-0.39, 0.29) is 52.3 Å². The van der Waals surface area contributed by atoms with Gasteiger partial charge in [-0.15, -0.1) is 0 Å². The van der Waals surface area contributed by atoms with Crippen LogP contribution in [0.15, 0.2) is 41.6 Å². The molecule has 0 spiro atoms. The molecule has 12 heteroatoms. The first-order valence-electron chi connectivity index (χ1n) is 10.4. The van der Waals surface area contributed by atoms with Crippen molar-refractivity contribution in [3.05, 3.63) is 52.1 Å². The van der Waals surface area contributed by atoms with Crippen LogP contribution in [0.25, 0.3) is 10.9 Å². The summed E-state index contributed by atoms with van der Waals surface area (Å²) in [5.74, 6) is -3.06. The van der Waals surface area contributed by atoms with Crippen LogP contribution in [-0.4, -0.2) is 45.4 Å². The molecular formula is C22H21Cl2F2N5O2S. The summed E-state index contributed by atoms with van der Waals surface area (Å²) in [5.41, 5.74) is 0.931. The molecule has 3 aromatic rings. The Balaban J connectivity index is 1.77. The van der Waals surface area contributed by atoms with Crippen LogP contribution in [0, 0.1) is 4.78 Å². The first kappa shape index (κ1) is 24.6. The van der Waals surface area contributed by atoms with E-state index in [1.165, 1.54) is 24.6 Å². The third-order valence-electron chi connectivity index (χ3n) is 5.49. The normalized spacial score (nSPS) is 17.7. The first-order chi connectivity index (χ1) is 15.9. The van der Waals surface area contributed by atoms with Crippen molar-refractivity contribution in [3.8, 4) is 0 Å². The molecule has 0 aliphatic carbocycles. The minimum atomic E-state index is -3.09. The lowest BCUT2D eigenvalue weighted by Gasteiger charge is -2.24. The highest BCUT2D eigenvalue weighted by Crippen LogP contribution is 2.34. The molecule has 4 rings (SSSR count). The van der Waals surface area contributed by atoms with Gasteiger partial charge in [-0.2, -0.15) is 0 Å². The van der Waals surface area contributed by atoms with E-state index in [1.54, 1.807) is 23.1 Å². The van der Waals surface area contributed by atoms with Crippen molar-refractivity contribution in [3.63, 3.8) is 0 Å². The standard InChI is InChI=1S/C22H21Cl2F2N5O2S/c1-34(27,33)19-11-14(3-6-28-19)29-21(32)15-9-13-10-16(23)17(24)12-18(13)30-20(15)31-7-2-4-22(25,26)5-8-31/h3,6,9-12,27H,2,4-5,7-8H2,1H3,(H,28,29,32). The Hall–Kier alpha value is -2.56. The molecule has 1 fully saturated rings. The molecular weight excluding hydrogens is 507 g/mol. The lowest BCUT2D eigenvalue weighted by molar-refractivity contribution is -0.0102. The maximum Gasteiger partial charge on any atom is 0.259 e. The fourth-order valence-corrected chi connectivity index (χ4v) is 4.68. The van der Waals surface area contributed by atoms with Gasteiger partial charge >= 0.3 is 0 Å². The fourth-order valence-electron chi connectivity index (χ4n) is 3.74. The van der Waals surface area contributed by atoms with Crippen LogP contribution < -0.4 is 10.2 Å². The number of carbonyl (C=O) groups excluding carboxylic acids is 1. The molecule has 1 aliphatic heterocycles. The molecule has 2 N–H and O–H groups in total. The summed E-state index contributed by atoms with van der Waals surface area (Å²) >= 11 is 12.3. The highest BCUT2D eigenvalue weighted by Gasteiger charge is 2.33. The number of alkyl halides is 2. The molecule has 3 heterocycles. The lowest BCUT2D eigenvalue weighted by Crippen LogP contribution is -2.29. The molecule has 0 radical (unpaired) electrons. The van der Waals surface area contributed by atoms with E-state index in [9.17, 15) is 17.8 Å². The third kappa shape index (κ3) is 5.39. The number of rotatable bonds is 4. The molecule has 0 bridgehead atoms. The van der Waals surface area contributed by atoms with Crippen LogP contribution in [0.2, 0.25) is 10.0 Å². The smallest absolute Gasteiger partial charge is 0.259 e. The zero-order valence-electron chi connectivity index (χ0n) is 18.1. The number of anilines is 2. The zero-order chi connectivity index (χ0) is 24.7. The topological polar surface area (TPSA) is 99.0 Å². The minimum absolute atomic E-state index is 0.0262. The number of hydrogen-bond donors (Lipinski definition) is 2. The van der Waals surface area contributed by atoms with Gasteiger partial charge in [-0.3, -0.25) is 4.79 Å². The molecule has 34 heavy (non-hydrogen) atoms. The Labute approximate surface area is 205 Å². The maximum atomic E-state index is 14.0. The van der Waals surface area contributed by atoms with Crippen molar-refractivity contribution in [1.29, 1.82) is 4.78 Å². The van der Waals surface area contributed by atoms with Crippen LogP contribution in [0.1, 0.15) is 29.6 Å². The van der Waals surface area contributed by atoms with Crippen LogP contribution in [-0.2, 0) is 9.73 Å². The highest BCUT2D eigenvalue weighted by atomic mass is 35.5.